The van der Waals surface area contributed by atoms with Crippen molar-refractivity contribution in [3.8, 4) is 0 Å². The van der Waals surface area contributed by atoms with E-state index in [-0.39, 0.29) is 11.9 Å². The second kappa shape index (κ2) is 7.09. The molecule has 3 aromatic rings. The van der Waals surface area contributed by atoms with Gasteiger partial charge in [-0.25, -0.2) is 5.01 Å². The Kier molecular flexibility index (Phi) is 4.66. The van der Waals surface area contributed by atoms with Gasteiger partial charge in [-0.3, -0.25) is 4.79 Å². The molecular formula is C20H14BrClN2O2. The molecule has 0 saturated heterocycles. The monoisotopic (exact) mass is 428 g/mol. The SMILES string of the molecule is O=C(c1ccc(Br)cc1)N1N=C(c2ccc(Cl)cc2)C[C@@H]1c1ccco1. The fourth-order valence-electron chi connectivity index (χ4n) is 2.94. The van der Waals surface area contributed by atoms with E-state index >= 15 is 0 Å². The molecule has 0 fully saturated rings. The first-order chi connectivity index (χ1) is 12.6. The Morgan fingerprint density at radius 3 is 2.50 bits per heavy atom. The zero-order chi connectivity index (χ0) is 18.1. The van der Waals surface area contributed by atoms with Crippen molar-refractivity contribution in [3.05, 3.63) is 93.3 Å². The van der Waals surface area contributed by atoms with Crippen LogP contribution in [0.2, 0.25) is 5.02 Å². The first-order valence-corrected chi connectivity index (χ1v) is 9.25. The number of amides is 1. The molecule has 1 aromatic heterocycles. The molecule has 6 heteroatoms. The number of hydrogen-bond donors (Lipinski definition) is 0. The molecule has 0 aliphatic carbocycles. The van der Waals surface area contributed by atoms with Gasteiger partial charge in [-0.15, -0.1) is 0 Å². The fraction of sp³-hybridized carbons (Fsp3) is 0.100. The smallest absolute Gasteiger partial charge is 0.274 e. The van der Waals surface area contributed by atoms with Gasteiger partial charge in [-0.1, -0.05) is 39.7 Å². The lowest BCUT2D eigenvalue weighted by molar-refractivity contribution is 0.0693. The van der Waals surface area contributed by atoms with Crippen LogP contribution in [-0.2, 0) is 0 Å². The third kappa shape index (κ3) is 3.32. The van der Waals surface area contributed by atoms with E-state index in [1.165, 1.54) is 5.01 Å². The Bertz CT molecular complexity index is 950. The third-order valence-electron chi connectivity index (χ3n) is 4.26. The molecule has 1 atom stereocenters. The van der Waals surface area contributed by atoms with Crippen molar-refractivity contribution in [2.45, 2.75) is 12.5 Å². The molecule has 1 amide bonds. The summed E-state index contributed by atoms with van der Waals surface area (Å²) in [6.45, 7) is 0. The number of benzene rings is 2. The Morgan fingerprint density at radius 2 is 1.85 bits per heavy atom. The maximum atomic E-state index is 13.0. The highest BCUT2D eigenvalue weighted by Crippen LogP contribution is 2.34. The molecule has 0 N–H and O–H groups in total. The minimum atomic E-state index is -0.271. The molecule has 0 unspecified atom stereocenters. The molecule has 4 nitrogen and oxygen atoms in total. The highest BCUT2D eigenvalue weighted by Gasteiger charge is 2.35. The van der Waals surface area contributed by atoms with Crippen LogP contribution in [0.3, 0.4) is 0 Å². The number of carbonyl (C=O) groups is 1. The molecule has 2 heterocycles. The van der Waals surface area contributed by atoms with E-state index in [9.17, 15) is 4.79 Å². The van der Waals surface area contributed by atoms with Crippen molar-refractivity contribution in [3.63, 3.8) is 0 Å². The van der Waals surface area contributed by atoms with Crippen LogP contribution in [0.4, 0.5) is 0 Å². The van der Waals surface area contributed by atoms with Crippen LogP contribution in [0.5, 0.6) is 0 Å². The Balaban J connectivity index is 1.70. The summed E-state index contributed by atoms with van der Waals surface area (Å²) in [4.78, 5) is 13.0. The Morgan fingerprint density at radius 1 is 1.12 bits per heavy atom. The molecule has 1 aliphatic rings. The molecule has 0 spiro atoms. The van der Waals surface area contributed by atoms with Gasteiger partial charge in [0.15, 0.2) is 0 Å². The van der Waals surface area contributed by atoms with Crippen molar-refractivity contribution >= 4 is 39.1 Å². The van der Waals surface area contributed by atoms with Crippen LogP contribution >= 0.6 is 27.5 Å². The number of hydrogen-bond acceptors (Lipinski definition) is 3. The third-order valence-corrected chi connectivity index (χ3v) is 5.04. The van der Waals surface area contributed by atoms with E-state index in [0.29, 0.717) is 22.8 Å². The van der Waals surface area contributed by atoms with E-state index in [2.05, 4.69) is 21.0 Å². The van der Waals surface area contributed by atoms with Gasteiger partial charge in [0, 0.05) is 21.5 Å². The van der Waals surface area contributed by atoms with Crippen molar-refractivity contribution in [1.29, 1.82) is 0 Å². The number of halogens is 2. The maximum absolute atomic E-state index is 13.0. The van der Waals surface area contributed by atoms with Crippen LogP contribution in [0, 0.1) is 0 Å². The molecule has 0 saturated carbocycles. The number of nitrogens with zero attached hydrogens (tertiary/aromatic N) is 2. The zero-order valence-corrected chi connectivity index (χ0v) is 15.9. The molecular weight excluding hydrogens is 416 g/mol. The largest absolute Gasteiger partial charge is 0.467 e. The first-order valence-electron chi connectivity index (χ1n) is 8.08. The topological polar surface area (TPSA) is 45.8 Å². The van der Waals surface area contributed by atoms with E-state index in [1.807, 2.05) is 48.5 Å². The minimum absolute atomic E-state index is 0.164. The Hall–Kier alpha value is -2.37. The summed E-state index contributed by atoms with van der Waals surface area (Å²) in [5.74, 6) is 0.547. The first kappa shape index (κ1) is 17.1. The van der Waals surface area contributed by atoms with Crippen LogP contribution in [0.1, 0.15) is 34.1 Å². The van der Waals surface area contributed by atoms with Crippen LogP contribution in [0.15, 0.2) is 80.9 Å². The molecule has 26 heavy (non-hydrogen) atoms. The normalized spacial score (nSPS) is 16.6. The minimum Gasteiger partial charge on any atom is -0.467 e. The molecule has 0 bridgehead atoms. The van der Waals surface area contributed by atoms with Gasteiger partial charge in [0.05, 0.1) is 12.0 Å². The molecule has 1 aliphatic heterocycles. The summed E-state index contributed by atoms with van der Waals surface area (Å²) in [5.41, 5.74) is 2.34. The summed E-state index contributed by atoms with van der Waals surface area (Å²) in [5, 5.41) is 6.78. The lowest BCUT2D eigenvalue weighted by Gasteiger charge is -2.19. The standard InChI is InChI=1S/C20H14BrClN2O2/c21-15-7-3-14(4-8-15)20(25)24-18(19-2-1-11-26-19)12-17(23-24)13-5-9-16(22)10-6-13/h1-11,18H,12H2/t18-/m1/s1. The number of rotatable bonds is 3. The summed E-state index contributed by atoms with van der Waals surface area (Å²) in [6, 6.07) is 18.1. The maximum Gasteiger partial charge on any atom is 0.274 e. The molecule has 130 valence electrons. The molecule has 2 aromatic carbocycles. The van der Waals surface area contributed by atoms with Crippen LogP contribution in [0.25, 0.3) is 0 Å². The average molecular weight is 430 g/mol. The number of hydrazone groups is 1. The second-order valence-corrected chi connectivity index (χ2v) is 7.30. The quantitative estimate of drug-likeness (QED) is 0.537. The highest BCUT2D eigenvalue weighted by atomic mass is 79.9. The Labute approximate surface area is 164 Å². The fourth-order valence-corrected chi connectivity index (χ4v) is 3.33. The summed E-state index contributed by atoms with van der Waals surface area (Å²) >= 11 is 9.37. The van der Waals surface area contributed by atoms with E-state index in [0.717, 1.165) is 15.7 Å². The van der Waals surface area contributed by atoms with Crippen molar-refractivity contribution < 1.29 is 9.21 Å². The van der Waals surface area contributed by atoms with Crippen molar-refractivity contribution in [2.24, 2.45) is 5.10 Å². The van der Waals surface area contributed by atoms with Gasteiger partial charge >= 0.3 is 0 Å². The van der Waals surface area contributed by atoms with Crippen LogP contribution < -0.4 is 0 Å². The summed E-state index contributed by atoms with van der Waals surface area (Å²) < 4.78 is 6.48. The van der Waals surface area contributed by atoms with Gasteiger partial charge in [0.1, 0.15) is 11.8 Å². The van der Waals surface area contributed by atoms with Crippen molar-refractivity contribution in [2.75, 3.05) is 0 Å². The summed E-state index contributed by atoms with van der Waals surface area (Å²) in [7, 11) is 0. The summed E-state index contributed by atoms with van der Waals surface area (Å²) in [6.07, 6.45) is 2.19. The van der Waals surface area contributed by atoms with Crippen LogP contribution in [-0.4, -0.2) is 16.6 Å². The lowest BCUT2D eigenvalue weighted by atomic mass is 10.0. The second-order valence-electron chi connectivity index (χ2n) is 5.95. The molecule has 0 radical (unpaired) electrons. The predicted octanol–water partition coefficient (Wildman–Crippen LogP) is 5.69. The number of furan rings is 1. The average Bonchev–Trinajstić information content (AvgIpc) is 3.32. The van der Waals surface area contributed by atoms with E-state index < -0.39 is 0 Å². The van der Waals surface area contributed by atoms with Gasteiger partial charge in [0.2, 0.25) is 0 Å². The highest BCUT2D eigenvalue weighted by molar-refractivity contribution is 9.10. The van der Waals surface area contributed by atoms with E-state index in [1.54, 1.807) is 18.4 Å². The number of carbonyl (C=O) groups excluding carboxylic acids is 1. The van der Waals surface area contributed by atoms with Gasteiger partial charge in [0.25, 0.3) is 5.91 Å². The zero-order valence-electron chi connectivity index (χ0n) is 13.6. The predicted molar refractivity (Wildman–Crippen MR) is 104 cm³/mol. The van der Waals surface area contributed by atoms with Crippen molar-refractivity contribution in [1.82, 2.24) is 5.01 Å². The van der Waals surface area contributed by atoms with E-state index in [4.69, 9.17) is 16.0 Å². The molecule has 4 rings (SSSR count). The van der Waals surface area contributed by atoms with Gasteiger partial charge < -0.3 is 4.42 Å². The lowest BCUT2D eigenvalue weighted by Crippen LogP contribution is -2.26. The van der Waals surface area contributed by atoms with Gasteiger partial charge in [-0.05, 0) is 54.1 Å². The van der Waals surface area contributed by atoms with Gasteiger partial charge in [-0.2, -0.15) is 5.10 Å².